The van der Waals surface area contributed by atoms with Gasteiger partial charge in [0.05, 0.1) is 12.0 Å². The second kappa shape index (κ2) is 8.49. The summed E-state index contributed by atoms with van der Waals surface area (Å²) in [6.45, 7) is 4.57. The molecule has 0 spiro atoms. The van der Waals surface area contributed by atoms with E-state index in [4.69, 9.17) is 4.74 Å². The number of carbonyl (C=O) groups excluding carboxylic acids is 1. The first kappa shape index (κ1) is 17.2. The lowest BCUT2D eigenvalue weighted by Gasteiger charge is -2.21. The molecule has 23 heavy (non-hydrogen) atoms. The minimum Gasteiger partial charge on any atom is -0.375 e. The number of ether oxygens (including phenoxy) is 1. The largest absolute Gasteiger partial charge is 0.375 e. The summed E-state index contributed by atoms with van der Waals surface area (Å²) in [6, 6.07) is 18.0. The molecule has 2 aromatic carbocycles. The van der Waals surface area contributed by atoms with Crippen LogP contribution in [-0.2, 0) is 9.53 Å². The summed E-state index contributed by atoms with van der Waals surface area (Å²) in [7, 11) is 1.68. The van der Waals surface area contributed by atoms with Crippen LogP contribution in [-0.4, -0.2) is 19.6 Å². The molecule has 0 saturated heterocycles. The Morgan fingerprint density at radius 2 is 1.74 bits per heavy atom. The van der Waals surface area contributed by atoms with Crippen LogP contribution in [0, 0.1) is 6.92 Å². The Morgan fingerprint density at radius 1 is 1.09 bits per heavy atom. The molecule has 1 amide bonds. The predicted molar refractivity (Wildman–Crippen MR) is 93.4 cm³/mol. The lowest BCUT2D eigenvalue weighted by molar-refractivity contribution is -0.123. The smallest absolute Gasteiger partial charge is 0.227 e. The molecule has 0 radical (unpaired) electrons. The number of benzene rings is 2. The Balaban J connectivity index is 2.03. The van der Waals surface area contributed by atoms with E-state index in [1.165, 1.54) is 5.56 Å². The van der Waals surface area contributed by atoms with Gasteiger partial charge in [-0.05, 0) is 30.0 Å². The van der Waals surface area contributed by atoms with Crippen molar-refractivity contribution >= 4 is 5.91 Å². The normalized spacial score (nSPS) is 13.3. The molecule has 0 heterocycles. The van der Waals surface area contributed by atoms with E-state index in [9.17, 15) is 4.79 Å². The van der Waals surface area contributed by atoms with Crippen LogP contribution in [0.4, 0.5) is 0 Å². The predicted octanol–water partition coefficient (Wildman–Crippen LogP) is 3.99. The second-order valence-electron chi connectivity index (χ2n) is 5.70. The zero-order valence-electron chi connectivity index (χ0n) is 14.1. The minimum absolute atomic E-state index is 0.0503. The van der Waals surface area contributed by atoms with Crippen molar-refractivity contribution in [2.24, 2.45) is 0 Å². The number of nitrogens with one attached hydrogen (secondary N) is 1. The third kappa shape index (κ3) is 4.42. The SMILES string of the molecule is CC[C@H](C(=O)NC[C@H](OC)c1ccccc1C)c1ccccc1. The van der Waals surface area contributed by atoms with Crippen LogP contribution in [0.2, 0.25) is 0 Å². The molecule has 0 saturated carbocycles. The quantitative estimate of drug-likeness (QED) is 0.839. The first-order valence-corrected chi connectivity index (χ1v) is 8.08. The highest BCUT2D eigenvalue weighted by Gasteiger charge is 2.20. The molecular weight excluding hydrogens is 286 g/mol. The number of aryl methyl sites for hydroxylation is 1. The second-order valence-corrected chi connectivity index (χ2v) is 5.70. The highest BCUT2D eigenvalue weighted by Crippen LogP contribution is 2.22. The lowest BCUT2D eigenvalue weighted by atomic mass is 9.95. The molecule has 3 nitrogen and oxygen atoms in total. The van der Waals surface area contributed by atoms with Gasteiger partial charge in [0.1, 0.15) is 0 Å². The Morgan fingerprint density at radius 3 is 2.35 bits per heavy atom. The molecule has 0 bridgehead atoms. The summed E-state index contributed by atoms with van der Waals surface area (Å²) in [5.41, 5.74) is 3.34. The van der Waals surface area contributed by atoms with Crippen molar-refractivity contribution < 1.29 is 9.53 Å². The van der Waals surface area contributed by atoms with Gasteiger partial charge < -0.3 is 10.1 Å². The van der Waals surface area contributed by atoms with Gasteiger partial charge in [-0.15, -0.1) is 0 Å². The number of methoxy groups -OCH3 is 1. The number of hydrogen-bond donors (Lipinski definition) is 1. The lowest BCUT2D eigenvalue weighted by Crippen LogP contribution is -2.33. The first-order valence-electron chi connectivity index (χ1n) is 8.08. The first-order chi connectivity index (χ1) is 11.2. The fourth-order valence-corrected chi connectivity index (χ4v) is 2.84. The molecule has 1 N–H and O–H groups in total. The molecule has 0 aliphatic carbocycles. The van der Waals surface area contributed by atoms with E-state index in [1.807, 2.05) is 55.5 Å². The van der Waals surface area contributed by atoms with Crippen LogP contribution in [0.25, 0.3) is 0 Å². The highest BCUT2D eigenvalue weighted by molar-refractivity contribution is 5.83. The maximum absolute atomic E-state index is 12.5. The Bertz CT molecular complexity index is 625. The van der Waals surface area contributed by atoms with Crippen molar-refractivity contribution in [3.8, 4) is 0 Å². The van der Waals surface area contributed by atoms with E-state index in [0.29, 0.717) is 6.54 Å². The molecule has 0 aromatic heterocycles. The summed E-state index contributed by atoms with van der Waals surface area (Å²) in [5.74, 6) is -0.0695. The summed E-state index contributed by atoms with van der Waals surface area (Å²) in [5, 5.41) is 3.04. The summed E-state index contributed by atoms with van der Waals surface area (Å²) >= 11 is 0. The van der Waals surface area contributed by atoms with Gasteiger partial charge in [0.25, 0.3) is 0 Å². The molecular formula is C20H25NO2. The van der Waals surface area contributed by atoms with Crippen LogP contribution in [0.3, 0.4) is 0 Å². The number of hydrogen-bond acceptors (Lipinski definition) is 2. The van der Waals surface area contributed by atoms with Gasteiger partial charge in [0.15, 0.2) is 0 Å². The molecule has 2 atom stereocenters. The minimum atomic E-state index is -0.131. The average molecular weight is 311 g/mol. The summed E-state index contributed by atoms with van der Waals surface area (Å²) < 4.78 is 5.57. The van der Waals surface area contributed by atoms with Gasteiger partial charge in [-0.2, -0.15) is 0 Å². The molecule has 0 fully saturated rings. The Labute approximate surface area is 138 Å². The zero-order chi connectivity index (χ0) is 16.7. The van der Waals surface area contributed by atoms with Crippen molar-refractivity contribution in [3.05, 3.63) is 71.3 Å². The average Bonchev–Trinajstić information content (AvgIpc) is 2.58. The van der Waals surface area contributed by atoms with E-state index in [2.05, 4.69) is 18.3 Å². The topological polar surface area (TPSA) is 38.3 Å². The maximum atomic E-state index is 12.5. The van der Waals surface area contributed by atoms with Crippen molar-refractivity contribution in [2.75, 3.05) is 13.7 Å². The van der Waals surface area contributed by atoms with Crippen LogP contribution in [0.5, 0.6) is 0 Å². The number of rotatable bonds is 7. The van der Waals surface area contributed by atoms with Gasteiger partial charge >= 0.3 is 0 Å². The van der Waals surface area contributed by atoms with Crippen LogP contribution >= 0.6 is 0 Å². The number of amides is 1. The van der Waals surface area contributed by atoms with Crippen molar-refractivity contribution in [1.82, 2.24) is 5.32 Å². The van der Waals surface area contributed by atoms with Gasteiger partial charge in [-0.3, -0.25) is 4.79 Å². The maximum Gasteiger partial charge on any atom is 0.227 e. The van der Waals surface area contributed by atoms with Gasteiger partial charge in [0.2, 0.25) is 5.91 Å². The molecule has 3 heteroatoms. The van der Waals surface area contributed by atoms with E-state index in [1.54, 1.807) is 7.11 Å². The van der Waals surface area contributed by atoms with Crippen LogP contribution in [0.15, 0.2) is 54.6 Å². The van der Waals surface area contributed by atoms with Crippen LogP contribution < -0.4 is 5.32 Å². The van der Waals surface area contributed by atoms with Gasteiger partial charge in [-0.1, -0.05) is 61.5 Å². The monoisotopic (exact) mass is 311 g/mol. The van der Waals surface area contributed by atoms with E-state index < -0.39 is 0 Å². The molecule has 0 unspecified atom stereocenters. The van der Waals surface area contributed by atoms with Crippen molar-refractivity contribution in [3.63, 3.8) is 0 Å². The van der Waals surface area contributed by atoms with Crippen LogP contribution in [0.1, 0.15) is 42.1 Å². The van der Waals surface area contributed by atoms with E-state index in [-0.39, 0.29) is 17.9 Å². The van der Waals surface area contributed by atoms with E-state index in [0.717, 1.165) is 17.5 Å². The third-order valence-electron chi connectivity index (χ3n) is 4.21. The molecule has 0 aliphatic heterocycles. The molecule has 0 aliphatic rings. The fourth-order valence-electron chi connectivity index (χ4n) is 2.84. The summed E-state index contributed by atoms with van der Waals surface area (Å²) in [4.78, 5) is 12.5. The Kier molecular flexibility index (Phi) is 6.36. The molecule has 122 valence electrons. The van der Waals surface area contributed by atoms with Crippen molar-refractivity contribution in [1.29, 1.82) is 0 Å². The van der Waals surface area contributed by atoms with Gasteiger partial charge in [-0.25, -0.2) is 0 Å². The van der Waals surface area contributed by atoms with E-state index >= 15 is 0 Å². The summed E-state index contributed by atoms with van der Waals surface area (Å²) in [6.07, 6.45) is 0.645. The van der Waals surface area contributed by atoms with Crippen molar-refractivity contribution in [2.45, 2.75) is 32.3 Å². The number of carbonyl (C=O) groups is 1. The third-order valence-corrected chi connectivity index (χ3v) is 4.21. The van der Waals surface area contributed by atoms with Gasteiger partial charge in [0, 0.05) is 13.7 Å². The zero-order valence-corrected chi connectivity index (χ0v) is 14.1. The standard InChI is InChI=1S/C20H25NO2/c1-4-17(16-11-6-5-7-12-16)20(22)21-14-19(23-3)18-13-9-8-10-15(18)2/h5-13,17,19H,4,14H2,1-3H3,(H,21,22)/t17-,19-/m0/s1. The Hall–Kier alpha value is -2.13. The fraction of sp³-hybridized carbons (Fsp3) is 0.350. The molecule has 2 aromatic rings. The molecule has 2 rings (SSSR count). The highest BCUT2D eigenvalue weighted by atomic mass is 16.5.